The van der Waals surface area contributed by atoms with Crippen molar-refractivity contribution in [3.63, 3.8) is 0 Å². The van der Waals surface area contributed by atoms with Crippen molar-refractivity contribution in [2.24, 2.45) is 0 Å². The van der Waals surface area contributed by atoms with Gasteiger partial charge in [-0.25, -0.2) is 9.18 Å². The lowest BCUT2D eigenvalue weighted by atomic mass is 10.1. The summed E-state index contributed by atoms with van der Waals surface area (Å²) in [6.07, 6.45) is 0. The molecular weight excluding hydrogens is 249 g/mol. The molecule has 0 saturated heterocycles. The van der Waals surface area contributed by atoms with Crippen LogP contribution in [0.2, 0.25) is 0 Å². The molecule has 0 spiro atoms. The molecule has 1 rings (SSSR count). The maximum Gasteiger partial charge on any atom is 0.382 e. The lowest BCUT2D eigenvalue weighted by Crippen LogP contribution is -2.30. The molecule has 0 fully saturated rings. The highest BCUT2D eigenvalue weighted by atomic mass is 19.3. The van der Waals surface area contributed by atoms with Gasteiger partial charge < -0.3 is 9.47 Å². The zero-order valence-corrected chi connectivity index (χ0v) is 10.0. The molecule has 0 radical (unpaired) electrons. The Morgan fingerprint density at radius 3 is 2.50 bits per heavy atom. The first-order valence-electron chi connectivity index (χ1n) is 5.41. The number of rotatable bonds is 5. The molecule has 0 heterocycles. The van der Waals surface area contributed by atoms with E-state index in [4.69, 9.17) is 4.74 Å². The molecule has 0 N–H and O–H groups in total. The summed E-state index contributed by atoms with van der Waals surface area (Å²) in [6, 6.07) is 3.24. The van der Waals surface area contributed by atoms with Crippen molar-refractivity contribution in [2.75, 3.05) is 13.2 Å². The van der Waals surface area contributed by atoms with E-state index < -0.39 is 23.3 Å². The van der Waals surface area contributed by atoms with Gasteiger partial charge in [0.05, 0.1) is 13.2 Å². The minimum absolute atomic E-state index is 0.0787. The Hall–Kier alpha value is -1.72. The van der Waals surface area contributed by atoms with Gasteiger partial charge in [-0.2, -0.15) is 8.78 Å². The fraction of sp³-hybridized carbons (Fsp3) is 0.417. The first-order chi connectivity index (χ1) is 8.45. The minimum atomic E-state index is -4.08. The Morgan fingerprint density at radius 1 is 1.28 bits per heavy atom. The van der Waals surface area contributed by atoms with Crippen LogP contribution >= 0.6 is 0 Å². The van der Waals surface area contributed by atoms with Crippen LogP contribution < -0.4 is 4.74 Å². The van der Waals surface area contributed by atoms with Gasteiger partial charge in [-0.3, -0.25) is 0 Å². The Labute approximate surface area is 103 Å². The summed E-state index contributed by atoms with van der Waals surface area (Å²) in [5, 5.41) is 0. The number of carbonyl (C=O) groups excluding carboxylic acids is 1. The third kappa shape index (κ3) is 2.75. The Morgan fingerprint density at radius 2 is 1.94 bits per heavy atom. The highest BCUT2D eigenvalue weighted by Gasteiger charge is 2.47. The number of esters is 1. The van der Waals surface area contributed by atoms with Crippen molar-refractivity contribution in [1.82, 2.24) is 0 Å². The van der Waals surface area contributed by atoms with Gasteiger partial charge in [-0.05, 0) is 26.0 Å². The Balaban J connectivity index is 3.25. The predicted octanol–water partition coefficient (Wildman–Crippen LogP) is 2.88. The van der Waals surface area contributed by atoms with Crippen molar-refractivity contribution in [2.45, 2.75) is 19.8 Å². The van der Waals surface area contributed by atoms with Crippen molar-refractivity contribution < 1.29 is 27.4 Å². The van der Waals surface area contributed by atoms with Gasteiger partial charge in [-0.1, -0.05) is 6.07 Å². The smallest absolute Gasteiger partial charge is 0.382 e. The van der Waals surface area contributed by atoms with Crippen LogP contribution in [-0.4, -0.2) is 19.2 Å². The zero-order valence-electron chi connectivity index (χ0n) is 10.0. The molecule has 1 aromatic rings. The molecule has 0 unspecified atom stereocenters. The van der Waals surface area contributed by atoms with E-state index >= 15 is 0 Å². The number of ether oxygens (including phenoxy) is 2. The van der Waals surface area contributed by atoms with Crippen LogP contribution in [0.25, 0.3) is 0 Å². The average molecular weight is 262 g/mol. The van der Waals surface area contributed by atoms with Crippen LogP contribution in [0.4, 0.5) is 13.2 Å². The number of alkyl halides is 2. The van der Waals surface area contributed by atoms with Gasteiger partial charge in [0.25, 0.3) is 0 Å². The van der Waals surface area contributed by atoms with Gasteiger partial charge in [-0.15, -0.1) is 0 Å². The second kappa shape index (κ2) is 5.75. The van der Waals surface area contributed by atoms with Gasteiger partial charge in [0.2, 0.25) is 0 Å². The lowest BCUT2D eigenvalue weighted by Gasteiger charge is -2.18. The number of hydrogen-bond acceptors (Lipinski definition) is 3. The maximum atomic E-state index is 13.8. The highest BCUT2D eigenvalue weighted by molar-refractivity contribution is 5.80. The third-order valence-electron chi connectivity index (χ3n) is 2.12. The summed E-state index contributed by atoms with van der Waals surface area (Å²) in [7, 11) is 0. The average Bonchev–Trinajstić information content (AvgIpc) is 2.29. The van der Waals surface area contributed by atoms with Crippen LogP contribution in [0.15, 0.2) is 18.2 Å². The maximum absolute atomic E-state index is 13.8. The van der Waals surface area contributed by atoms with E-state index in [2.05, 4.69) is 4.74 Å². The van der Waals surface area contributed by atoms with E-state index in [1.54, 1.807) is 6.92 Å². The summed E-state index contributed by atoms with van der Waals surface area (Å²) >= 11 is 0. The lowest BCUT2D eigenvalue weighted by molar-refractivity contribution is -0.173. The van der Waals surface area contributed by atoms with Gasteiger partial charge in [0, 0.05) is 0 Å². The normalized spacial score (nSPS) is 11.2. The quantitative estimate of drug-likeness (QED) is 0.765. The standard InChI is InChI=1S/C12H13F3O3/c1-3-17-9-7-5-6-8(13)10(9)12(14,15)11(16)18-4-2/h5-7H,3-4H2,1-2H3. The summed E-state index contributed by atoms with van der Waals surface area (Å²) < 4.78 is 50.2. The third-order valence-corrected chi connectivity index (χ3v) is 2.12. The molecule has 0 aromatic heterocycles. The van der Waals surface area contributed by atoms with Crippen LogP contribution in [0.3, 0.4) is 0 Å². The largest absolute Gasteiger partial charge is 0.493 e. The summed E-state index contributed by atoms with van der Waals surface area (Å²) in [5.74, 6) is -7.45. The molecule has 0 aliphatic heterocycles. The van der Waals surface area contributed by atoms with Crippen LogP contribution in [0, 0.1) is 5.82 Å². The molecule has 0 bridgehead atoms. The molecule has 18 heavy (non-hydrogen) atoms. The monoisotopic (exact) mass is 262 g/mol. The second-order valence-corrected chi connectivity index (χ2v) is 3.34. The van der Waals surface area contributed by atoms with E-state index in [9.17, 15) is 18.0 Å². The van der Waals surface area contributed by atoms with E-state index in [0.29, 0.717) is 0 Å². The molecule has 100 valence electrons. The molecule has 1 aromatic carbocycles. The summed E-state index contributed by atoms with van der Waals surface area (Å²) in [5.41, 5.74) is -1.09. The van der Waals surface area contributed by atoms with Crippen LogP contribution in [-0.2, 0) is 15.5 Å². The van der Waals surface area contributed by atoms with E-state index in [1.165, 1.54) is 19.1 Å². The molecule has 0 saturated carbocycles. The van der Waals surface area contributed by atoms with E-state index in [-0.39, 0.29) is 19.0 Å². The first-order valence-corrected chi connectivity index (χ1v) is 5.41. The fourth-order valence-corrected chi connectivity index (χ4v) is 1.41. The SMILES string of the molecule is CCOC(=O)C(F)(F)c1c(F)cccc1OCC. The van der Waals surface area contributed by atoms with E-state index in [0.717, 1.165) is 6.07 Å². The second-order valence-electron chi connectivity index (χ2n) is 3.34. The number of hydrogen-bond donors (Lipinski definition) is 0. The first kappa shape index (κ1) is 14.3. The van der Waals surface area contributed by atoms with Gasteiger partial charge >= 0.3 is 11.9 Å². The summed E-state index contributed by atoms with van der Waals surface area (Å²) in [4.78, 5) is 11.2. The number of carbonyl (C=O) groups is 1. The van der Waals surface area contributed by atoms with Crippen LogP contribution in [0.5, 0.6) is 5.75 Å². The fourth-order valence-electron chi connectivity index (χ4n) is 1.41. The predicted molar refractivity (Wildman–Crippen MR) is 58.1 cm³/mol. The van der Waals surface area contributed by atoms with Crippen molar-refractivity contribution in [3.05, 3.63) is 29.6 Å². The van der Waals surface area contributed by atoms with E-state index in [1.807, 2.05) is 0 Å². The molecule has 0 aliphatic carbocycles. The van der Waals surface area contributed by atoms with Crippen LogP contribution in [0.1, 0.15) is 19.4 Å². The topological polar surface area (TPSA) is 35.5 Å². The molecule has 3 nitrogen and oxygen atoms in total. The molecular formula is C12H13F3O3. The Kier molecular flexibility index (Phi) is 4.58. The van der Waals surface area contributed by atoms with Crippen molar-refractivity contribution in [3.8, 4) is 5.75 Å². The highest BCUT2D eigenvalue weighted by Crippen LogP contribution is 2.38. The molecule has 0 aliphatic rings. The number of benzene rings is 1. The Bertz CT molecular complexity index is 433. The van der Waals surface area contributed by atoms with Gasteiger partial charge in [0.1, 0.15) is 17.1 Å². The minimum Gasteiger partial charge on any atom is -0.493 e. The molecule has 6 heteroatoms. The van der Waals surface area contributed by atoms with Crippen molar-refractivity contribution in [1.29, 1.82) is 0 Å². The molecule has 0 atom stereocenters. The zero-order chi connectivity index (χ0) is 13.8. The number of halogens is 3. The van der Waals surface area contributed by atoms with Gasteiger partial charge in [0.15, 0.2) is 0 Å². The summed E-state index contributed by atoms with van der Waals surface area (Å²) in [6.45, 7) is 2.82. The molecule has 0 amide bonds. The van der Waals surface area contributed by atoms with Crippen molar-refractivity contribution >= 4 is 5.97 Å².